The Morgan fingerprint density at radius 2 is 1.71 bits per heavy atom. The number of aromatic nitrogens is 2. The first-order valence-electron chi connectivity index (χ1n) is 9.62. The third-order valence-corrected chi connectivity index (χ3v) is 5.90. The summed E-state index contributed by atoms with van der Waals surface area (Å²) in [6.45, 7) is 6.26. The SMILES string of the molecule is CC(C)(C)c1ccc(C2/C(=C(/O)c3ccc(F)cc3)C(=O)C(=O)N2c2nncs2)cc1. The zero-order chi connectivity index (χ0) is 22.3. The van der Waals surface area contributed by atoms with Crippen LogP contribution in [0.3, 0.4) is 0 Å². The molecule has 1 aliphatic heterocycles. The van der Waals surface area contributed by atoms with E-state index in [0.717, 1.165) is 16.9 Å². The van der Waals surface area contributed by atoms with Crippen molar-refractivity contribution in [2.45, 2.75) is 32.2 Å². The molecule has 1 amide bonds. The number of nitrogens with zero attached hydrogens (tertiary/aromatic N) is 3. The lowest BCUT2D eigenvalue weighted by Gasteiger charge is -2.24. The predicted molar refractivity (Wildman–Crippen MR) is 116 cm³/mol. The summed E-state index contributed by atoms with van der Waals surface area (Å²) in [5.41, 5.74) is 3.29. The Hall–Kier alpha value is -3.39. The molecule has 2 heterocycles. The Morgan fingerprint density at radius 3 is 2.26 bits per heavy atom. The van der Waals surface area contributed by atoms with Gasteiger partial charge in [0.25, 0.3) is 5.78 Å². The lowest BCUT2D eigenvalue weighted by atomic mass is 9.85. The normalized spacial score (nSPS) is 18.6. The summed E-state index contributed by atoms with van der Waals surface area (Å²) in [4.78, 5) is 27.2. The Morgan fingerprint density at radius 1 is 1.06 bits per heavy atom. The van der Waals surface area contributed by atoms with Gasteiger partial charge in [-0.1, -0.05) is 56.4 Å². The third kappa shape index (κ3) is 3.74. The van der Waals surface area contributed by atoms with Crippen LogP contribution in [0, 0.1) is 5.82 Å². The van der Waals surface area contributed by atoms with Gasteiger partial charge in [-0.3, -0.25) is 14.5 Å². The molecule has 1 N–H and O–H groups in total. The second-order valence-corrected chi connectivity index (χ2v) is 9.08. The van der Waals surface area contributed by atoms with Gasteiger partial charge in [0.2, 0.25) is 5.13 Å². The molecule has 0 bridgehead atoms. The van der Waals surface area contributed by atoms with Gasteiger partial charge >= 0.3 is 5.91 Å². The Kier molecular flexibility index (Phi) is 5.18. The monoisotopic (exact) mass is 437 g/mol. The number of aliphatic hydroxyl groups excluding tert-OH is 1. The summed E-state index contributed by atoms with van der Waals surface area (Å²) in [6, 6.07) is 11.8. The van der Waals surface area contributed by atoms with Gasteiger partial charge in [0.05, 0.1) is 11.6 Å². The van der Waals surface area contributed by atoms with Gasteiger partial charge in [0.1, 0.15) is 17.1 Å². The number of carbonyl (C=O) groups excluding carboxylic acids is 2. The van der Waals surface area contributed by atoms with E-state index in [0.29, 0.717) is 5.56 Å². The zero-order valence-corrected chi connectivity index (χ0v) is 18.0. The average molecular weight is 437 g/mol. The molecule has 1 fully saturated rings. The van der Waals surface area contributed by atoms with Crippen molar-refractivity contribution in [3.05, 3.63) is 82.1 Å². The fourth-order valence-corrected chi connectivity index (χ4v) is 4.13. The molecule has 0 radical (unpaired) electrons. The molecule has 4 rings (SSSR count). The minimum absolute atomic E-state index is 0.0738. The number of Topliss-reactive ketones (excluding diaryl/α,β-unsaturated/α-hetero) is 1. The van der Waals surface area contributed by atoms with Crippen LogP contribution in [-0.2, 0) is 15.0 Å². The number of ketones is 1. The predicted octanol–water partition coefficient (Wildman–Crippen LogP) is 4.60. The molecule has 2 aromatic carbocycles. The number of benzene rings is 2. The first kappa shape index (κ1) is 20.9. The van der Waals surface area contributed by atoms with Crippen molar-refractivity contribution in [2.24, 2.45) is 0 Å². The van der Waals surface area contributed by atoms with Gasteiger partial charge in [0.15, 0.2) is 0 Å². The smallest absolute Gasteiger partial charge is 0.301 e. The van der Waals surface area contributed by atoms with Crippen LogP contribution in [0.1, 0.15) is 43.5 Å². The Labute approximate surface area is 182 Å². The minimum Gasteiger partial charge on any atom is -0.507 e. The van der Waals surface area contributed by atoms with Crippen molar-refractivity contribution in [1.29, 1.82) is 0 Å². The van der Waals surface area contributed by atoms with Crippen LogP contribution in [0.4, 0.5) is 9.52 Å². The highest BCUT2D eigenvalue weighted by Crippen LogP contribution is 2.42. The first-order chi connectivity index (χ1) is 14.7. The number of hydrogen-bond acceptors (Lipinski definition) is 6. The van der Waals surface area contributed by atoms with E-state index < -0.39 is 23.5 Å². The maximum Gasteiger partial charge on any atom is 0.301 e. The highest BCUT2D eigenvalue weighted by Gasteiger charge is 2.48. The molecule has 1 atom stereocenters. The molecular formula is C23H20FN3O3S. The number of carbonyl (C=O) groups is 2. The van der Waals surface area contributed by atoms with Crippen molar-refractivity contribution in [3.8, 4) is 0 Å². The van der Waals surface area contributed by atoms with E-state index in [4.69, 9.17) is 0 Å². The highest BCUT2D eigenvalue weighted by molar-refractivity contribution is 7.13. The largest absolute Gasteiger partial charge is 0.507 e. The van der Waals surface area contributed by atoms with E-state index in [1.807, 2.05) is 24.3 Å². The van der Waals surface area contributed by atoms with Crippen LogP contribution < -0.4 is 4.90 Å². The van der Waals surface area contributed by atoms with E-state index in [2.05, 4.69) is 31.0 Å². The maximum absolute atomic E-state index is 13.3. The summed E-state index contributed by atoms with van der Waals surface area (Å²) in [5, 5.41) is 19.0. The number of amides is 1. The topological polar surface area (TPSA) is 83.4 Å². The van der Waals surface area contributed by atoms with Crippen LogP contribution >= 0.6 is 11.3 Å². The Balaban J connectivity index is 1.90. The van der Waals surface area contributed by atoms with Gasteiger partial charge in [-0.15, -0.1) is 10.2 Å². The number of halogens is 1. The second kappa shape index (κ2) is 7.70. The maximum atomic E-state index is 13.3. The standard InChI is InChI=1S/C23H20FN3O3S/c1-23(2,3)15-8-4-13(5-9-15)18-17(19(28)14-6-10-16(24)11-7-14)20(29)21(30)27(18)22-26-25-12-31-22/h4-12,18,28H,1-3H3/b19-17-. The molecular weight excluding hydrogens is 417 g/mol. The molecule has 1 aromatic heterocycles. The van der Waals surface area contributed by atoms with Gasteiger partial charge in [-0.25, -0.2) is 4.39 Å². The van der Waals surface area contributed by atoms with E-state index in [9.17, 15) is 19.1 Å². The van der Waals surface area contributed by atoms with E-state index in [1.54, 1.807) is 0 Å². The van der Waals surface area contributed by atoms with Crippen LogP contribution in [0.2, 0.25) is 0 Å². The number of hydrogen-bond donors (Lipinski definition) is 1. The lowest BCUT2D eigenvalue weighted by Crippen LogP contribution is -2.29. The summed E-state index contributed by atoms with van der Waals surface area (Å²) < 4.78 is 13.3. The van der Waals surface area contributed by atoms with E-state index >= 15 is 0 Å². The Bertz CT molecular complexity index is 1160. The summed E-state index contributed by atoms with van der Waals surface area (Å²) in [5.74, 6) is -2.47. The fraction of sp³-hybridized carbons (Fsp3) is 0.217. The summed E-state index contributed by atoms with van der Waals surface area (Å²) in [6.07, 6.45) is 0. The summed E-state index contributed by atoms with van der Waals surface area (Å²) in [7, 11) is 0. The van der Waals surface area contributed by atoms with Gasteiger partial charge < -0.3 is 5.11 Å². The molecule has 1 saturated heterocycles. The number of rotatable bonds is 3. The molecule has 158 valence electrons. The van der Waals surface area contributed by atoms with Crippen LogP contribution in [0.15, 0.2) is 59.6 Å². The molecule has 0 aliphatic carbocycles. The molecule has 6 nitrogen and oxygen atoms in total. The molecule has 0 saturated carbocycles. The average Bonchev–Trinajstić information content (AvgIpc) is 3.34. The van der Waals surface area contributed by atoms with Crippen LogP contribution in [-0.4, -0.2) is 27.0 Å². The second-order valence-electron chi connectivity index (χ2n) is 8.27. The van der Waals surface area contributed by atoms with Crippen LogP contribution in [0.5, 0.6) is 0 Å². The van der Waals surface area contributed by atoms with Crippen molar-refractivity contribution in [3.63, 3.8) is 0 Å². The van der Waals surface area contributed by atoms with Gasteiger partial charge in [-0.05, 0) is 40.8 Å². The van der Waals surface area contributed by atoms with Crippen molar-refractivity contribution >= 4 is 33.9 Å². The van der Waals surface area contributed by atoms with Crippen molar-refractivity contribution in [2.75, 3.05) is 4.90 Å². The molecule has 3 aromatic rings. The molecule has 1 aliphatic rings. The lowest BCUT2D eigenvalue weighted by molar-refractivity contribution is -0.132. The molecule has 8 heteroatoms. The third-order valence-electron chi connectivity index (χ3n) is 5.21. The molecule has 31 heavy (non-hydrogen) atoms. The first-order valence-corrected chi connectivity index (χ1v) is 10.5. The van der Waals surface area contributed by atoms with Crippen molar-refractivity contribution in [1.82, 2.24) is 10.2 Å². The summed E-state index contributed by atoms with van der Waals surface area (Å²) >= 11 is 1.12. The highest BCUT2D eigenvalue weighted by atomic mass is 32.1. The van der Waals surface area contributed by atoms with Gasteiger partial charge in [-0.2, -0.15) is 0 Å². The number of anilines is 1. The van der Waals surface area contributed by atoms with E-state index in [-0.39, 0.29) is 27.4 Å². The zero-order valence-electron chi connectivity index (χ0n) is 17.2. The quantitative estimate of drug-likeness (QED) is 0.368. The number of aliphatic hydroxyl groups is 1. The molecule has 0 spiro atoms. The van der Waals surface area contributed by atoms with Crippen LogP contribution in [0.25, 0.3) is 5.76 Å². The van der Waals surface area contributed by atoms with E-state index in [1.165, 1.54) is 34.7 Å². The molecule has 1 unspecified atom stereocenters. The van der Waals surface area contributed by atoms with Crippen molar-refractivity contribution < 1.29 is 19.1 Å². The van der Waals surface area contributed by atoms with Gasteiger partial charge in [0, 0.05) is 5.56 Å². The minimum atomic E-state index is -0.882. The fourth-order valence-electron chi connectivity index (χ4n) is 3.55.